The van der Waals surface area contributed by atoms with Crippen LogP contribution in [0, 0.1) is 5.92 Å². The Kier molecular flexibility index (Phi) is 5.56. The Morgan fingerprint density at radius 3 is 2.71 bits per heavy atom. The number of rotatable bonds is 5. The van der Waals surface area contributed by atoms with Crippen LogP contribution in [0.25, 0.3) is 0 Å². The molecule has 2 N–H and O–H groups in total. The first-order chi connectivity index (χ1) is 11.6. The second-order valence-electron chi connectivity index (χ2n) is 6.95. The SMILES string of the molecule is CC[C@@H]1c2ccsc2CCN1C(=O)CN1CCC(CC(N)=O)CC1. The molecular weight excluding hydrogens is 322 g/mol. The molecule has 0 radical (unpaired) electrons. The molecule has 0 bridgehead atoms. The van der Waals surface area contributed by atoms with E-state index in [0.717, 1.165) is 45.3 Å². The molecule has 0 aliphatic carbocycles. The first-order valence-electron chi connectivity index (χ1n) is 8.94. The van der Waals surface area contributed by atoms with E-state index in [1.165, 1.54) is 10.4 Å². The lowest BCUT2D eigenvalue weighted by atomic mass is 9.93. The standard InChI is InChI=1S/C18H27N3O2S/c1-2-15-14-6-10-24-16(14)5-9-21(15)18(23)12-20-7-3-13(4-8-20)11-17(19)22/h6,10,13,15H,2-5,7-9,11-12H2,1H3,(H2,19,22)/t15-/m1/s1. The number of carbonyl (C=O) groups is 2. The number of primary amides is 1. The first-order valence-corrected chi connectivity index (χ1v) is 9.82. The van der Waals surface area contributed by atoms with Crippen LogP contribution in [0.3, 0.4) is 0 Å². The number of fused-ring (bicyclic) bond motifs is 1. The molecule has 2 aliphatic rings. The van der Waals surface area contributed by atoms with Gasteiger partial charge in [-0.05, 0) is 61.7 Å². The highest BCUT2D eigenvalue weighted by atomic mass is 32.1. The normalized spacial score (nSPS) is 22.4. The molecule has 0 aromatic carbocycles. The summed E-state index contributed by atoms with van der Waals surface area (Å²) in [5, 5.41) is 2.14. The van der Waals surface area contributed by atoms with Crippen LogP contribution in [0.1, 0.15) is 49.1 Å². The Hall–Kier alpha value is -1.40. The lowest BCUT2D eigenvalue weighted by molar-refractivity contribution is -0.136. The van der Waals surface area contributed by atoms with Gasteiger partial charge in [0.25, 0.3) is 0 Å². The Bertz CT molecular complexity index is 593. The highest BCUT2D eigenvalue weighted by Gasteiger charge is 2.31. The van der Waals surface area contributed by atoms with Gasteiger partial charge in [0.15, 0.2) is 0 Å². The molecule has 1 aromatic rings. The number of carbonyl (C=O) groups excluding carboxylic acids is 2. The van der Waals surface area contributed by atoms with Gasteiger partial charge in [-0.3, -0.25) is 14.5 Å². The van der Waals surface area contributed by atoms with Gasteiger partial charge in [0.05, 0.1) is 12.6 Å². The molecule has 2 amide bonds. The fraction of sp³-hybridized carbons (Fsp3) is 0.667. The van der Waals surface area contributed by atoms with Crippen molar-refractivity contribution in [3.05, 3.63) is 21.9 Å². The van der Waals surface area contributed by atoms with Crippen molar-refractivity contribution in [1.82, 2.24) is 9.80 Å². The van der Waals surface area contributed by atoms with Crippen molar-refractivity contribution < 1.29 is 9.59 Å². The molecule has 1 saturated heterocycles. The van der Waals surface area contributed by atoms with Crippen molar-refractivity contribution >= 4 is 23.2 Å². The molecule has 2 aliphatic heterocycles. The van der Waals surface area contributed by atoms with E-state index >= 15 is 0 Å². The van der Waals surface area contributed by atoms with Gasteiger partial charge in [-0.25, -0.2) is 0 Å². The lowest BCUT2D eigenvalue weighted by Crippen LogP contribution is -2.46. The minimum Gasteiger partial charge on any atom is -0.370 e. The van der Waals surface area contributed by atoms with E-state index in [2.05, 4.69) is 28.2 Å². The minimum atomic E-state index is -0.213. The summed E-state index contributed by atoms with van der Waals surface area (Å²) in [5.74, 6) is 0.419. The third-order valence-corrected chi connectivity index (χ3v) is 6.35. The fourth-order valence-electron chi connectivity index (χ4n) is 4.05. The number of thiophene rings is 1. The molecule has 0 spiro atoms. The van der Waals surface area contributed by atoms with Crippen LogP contribution in [-0.4, -0.2) is 47.8 Å². The van der Waals surface area contributed by atoms with Crippen molar-refractivity contribution in [2.75, 3.05) is 26.2 Å². The summed E-state index contributed by atoms with van der Waals surface area (Å²) in [6.07, 6.45) is 4.35. The number of hydrogen-bond acceptors (Lipinski definition) is 4. The van der Waals surface area contributed by atoms with Gasteiger partial charge in [0.2, 0.25) is 11.8 Å². The lowest BCUT2D eigenvalue weighted by Gasteiger charge is -2.38. The maximum Gasteiger partial charge on any atom is 0.237 e. The van der Waals surface area contributed by atoms with Crippen molar-refractivity contribution in [2.45, 2.75) is 45.1 Å². The van der Waals surface area contributed by atoms with E-state index in [1.807, 2.05) is 11.3 Å². The van der Waals surface area contributed by atoms with E-state index < -0.39 is 0 Å². The second kappa shape index (κ2) is 7.66. The van der Waals surface area contributed by atoms with Gasteiger partial charge < -0.3 is 10.6 Å². The maximum atomic E-state index is 12.8. The van der Waals surface area contributed by atoms with Crippen molar-refractivity contribution in [3.8, 4) is 0 Å². The van der Waals surface area contributed by atoms with Gasteiger partial charge in [-0.1, -0.05) is 6.92 Å². The van der Waals surface area contributed by atoms with Gasteiger partial charge in [0, 0.05) is 17.8 Å². The molecule has 5 nitrogen and oxygen atoms in total. The van der Waals surface area contributed by atoms with Crippen LogP contribution in [0.4, 0.5) is 0 Å². The average Bonchev–Trinajstić information content (AvgIpc) is 3.03. The van der Waals surface area contributed by atoms with Crippen LogP contribution in [-0.2, 0) is 16.0 Å². The molecule has 6 heteroatoms. The Labute approximate surface area is 147 Å². The monoisotopic (exact) mass is 349 g/mol. The van der Waals surface area contributed by atoms with Crippen molar-refractivity contribution in [3.63, 3.8) is 0 Å². The van der Waals surface area contributed by atoms with Crippen LogP contribution >= 0.6 is 11.3 Å². The van der Waals surface area contributed by atoms with Crippen LogP contribution in [0.5, 0.6) is 0 Å². The van der Waals surface area contributed by atoms with E-state index in [0.29, 0.717) is 18.9 Å². The Morgan fingerprint density at radius 2 is 2.04 bits per heavy atom. The molecule has 1 aromatic heterocycles. The van der Waals surface area contributed by atoms with Gasteiger partial charge in [-0.15, -0.1) is 11.3 Å². The summed E-state index contributed by atoms with van der Waals surface area (Å²) in [6, 6.07) is 2.42. The number of hydrogen-bond donors (Lipinski definition) is 1. The molecular formula is C18H27N3O2S. The highest BCUT2D eigenvalue weighted by Crippen LogP contribution is 2.35. The molecule has 0 unspecified atom stereocenters. The highest BCUT2D eigenvalue weighted by molar-refractivity contribution is 7.10. The quantitative estimate of drug-likeness (QED) is 0.886. The molecule has 24 heavy (non-hydrogen) atoms. The predicted octanol–water partition coefficient (Wildman–Crippen LogP) is 2.17. The number of piperidine rings is 1. The second-order valence-corrected chi connectivity index (χ2v) is 7.95. The number of likely N-dealkylation sites (tertiary alicyclic amines) is 1. The van der Waals surface area contributed by atoms with Crippen LogP contribution in [0.2, 0.25) is 0 Å². The average molecular weight is 350 g/mol. The van der Waals surface area contributed by atoms with E-state index in [1.54, 1.807) is 0 Å². The molecule has 1 atom stereocenters. The zero-order valence-corrected chi connectivity index (χ0v) is 15.2. The number of nitrogens with two attached hydrogens (primary N) is 1. The van der Waals surface area contributed by atoms with Gasteiger partial charge in [0.1, 0.15) is 0 Å². The summed E-state index contributed by atoms with van der Waals surface area (Å²) in [7, 11) is 0. The Balaban J connectivity index is 1.55. The van der Waals surface area contributed by atoms with E-state index in [-0.39, 0.29) is 17.9 Å². The first kappa shape index (κ1) is 17.4. The van der Waals surface area contributed by atoms with E-state index in [4.69, 9.17) is 5.73 Å². The topological polar surface area (TPSA) is 66.6 Å². The molecule has 1 fully saturated rings. The Morgan fingerprint density at radius 1 is 1.29 bits per heavy atom. The van der Waals surface area contributed by atoms with Crippen LogP contribution in [0.15, 0.2) is 11.4 Å². The predicted molar refractivity (Wildman–Crippen MR) is 95.7 cm³/mol. The summed E-state index contributed by atoms with van der Waals surface area (Å²) in [6.45, 7) is 5.27. The summed E-state index contributed by atoms with van der Waals surface area (Å²) in [5.41, 5.74) is 6.63. The largest absolute Gasteiger partial charge is 0.370 e. The molecule has 0 saturated carbocycles. The summed E-state index contributed by atoms with van der Waals surface area (Å²) >= 11 is 1.81. The third-order valence-electron chi connectivity index (χ3n) is 5.36. The van der Waals surface area contributed by atoms with E-state index in [9.17, 15) is 9.59 Å². The zero-order valence-electron chi connectivity index (χ0n) is 14.4. The van der Waals surface area contributed by atoms with Crippen molar-refractivity contribution in [2.24, 2.45) is 11.7 Å². The zero-order chi connectivity index (χ0) is 17.1. The van der Waals surface area contributed by atoms with Gasteiger partial charge in [-0.2, -0.15) is 0 Å². The smallest absolute Gasteiger partial charge is 0.237 e. The van der Waals surface area contributed by atoms with Crippen molar-refractivity contribution in [1.29, 1.82) is 0 Å². The molecule has 3 rings (SSSR count). The maximum absolute atomic E-state index is 12.8. The number of nitrogens with zero attached hydrogens (tertiary/aromatic N) is 2. The van der Waals surface area contributed by atoms with Gasteiger partial charge >= 0.3 is 0 Å². The fourth-order valence-corrected chi connectivity index (χ4v) is 4.98. The minimum absolute atomic E-state index is 0.213. The van der Waals surface area contributed by atoms with Crippen LogP contribution < -0.4 is 5.73 Å². The molecule has 132 valence electrons. The summed E-state index contributed by atoms with van der Waals surface area (Å²) in [4.78, 5) is 29.6. The third kappa shape index (κ3) is 3.81. The molecule has 3 heterocycles. The number of amides is 2. The summed E-state index contributed by atoms with van der Waals surface area (Å²) < 4.78 is 0.